The number of benzene rings is 2. The maximum Gasteiger partial charge on any atom is 0.270 e. The summed E-state index contributed by atoms with van der Waals surface area (Å²) in [6.07, 6.45) is 0.692. The lowest BCUT2D eigenvalue weighted by molar-refractivity contribution is -0.384. The van der Waals surface area contributed by atoms with Crippen LogP contribution in [0.25, 0.3) is 10.2 Å². The van der Waals surface area contributed by atoms with E-state index in [9.17, 15) is 14.9 Å². The molecule has 0 aliphatic heterocycles. The smallest absolute Gasteiger partial charge is 0.270 e. The Bertz CT molecular complexity index is 1140. The van der Waals surface area contributed by atoms with Crippen molar-refractivity contribution in [1.82, 2.24) is 9.88 Å². The van der Waals surface area contributed by atoms with Crippen molar-refractivity contribution in [3.63, 3.8) is 0 Å². The summed E-state index contributed by atoms with van der Waals surface area (Å²) in [7, 11) is 5.48. The molecule has 0 aliphatic carbocycles. The molecular formula is C21H24Cl2N4O4S. The van der Waals surface area contributed by atoms with Gasteiger partial charge in [-0.3, -0.25) is 19.8 Å². The lowest BCUT2D eigenvalue weighted by Crippen LogP contribution is -2.33. The van der Waals surface area contributed by atoms with E-state index in [1.165, 1.54) is 34.4 Å². The Balaban J connectivity index is 0.00000363. The van der Waals surface area contributed by atoms with E-state index in [0.29, 0.717) is 29.4 Å². The third-order valence-corrected chi connectivity index (χ3v) is 6.31. The van der Waals surface area contributed by atoms with Crippen molar-refractivity contribution in [3.8, 4) is 5.75 Å². The number of aromatic nitrogens is 1. The Morgan fingerprint density at radius 2 is 1.97 bits per heavy atom. The van der Waals surface area contributed by atoms with Crippen LogP contribution < -0.4 is 9.64 Å². The van der Waals surface area contributed by atoms with E-state index in [4.69, 9.17) is 16.3 Å². The van der Waals surface area contributed by atoms with Gasteiger partial charge < -0.3 is 9.64 Å². The van der Waals surface area contributed by atoms with Crippen LogP contribution in [0, 0.1) is 17.0 Å². The quantitative estimate of drug-likeness (QED) is 0.313. The van der Waals surface area contributed by atoms with E-state index in [2.05, 4.69) is 4.98 Å². The van der Waals surface area contributed by atoms with Crippen molar-refractivity contribution < 1.29 is 14.5 Å². The number of nitro benzene ring substituents is 1. The molecule has 1 heterocycles. The highest BCUT2D eigenvalue weighted by Gasteiger charge is 2.26. The van der Waals surface area contributed by atoms with E-state index in [-0.39, 0.29) is 28.7 Å². The molecule has 3 aromatic rings. The number of hydrogen-bond donors (Lipinski definition) is 0. The van der Waals surface area contributed by atoms with Crippen LogP contribution in [0.4, 0.5) is 10.8 Å². The predicted octanol–water partition coefficient (Wildman–Crippen LogP) is 5.20. The zero-order chi connectivity index (χ0) is 22.7. The summed E-state index contributed by atoms with van der Waals surface area (Å²) in [5.41, 5.74) is 1.58. The van der Waals surface area contributed by atoms with Crippen LogP contribution in [0.5, 0.6) is 5.75 Å². The van der Waals surface area contributed by atoms with Gasteiger partial charge in [-0.2, -0.15) is 0 Å². The molecule has 0 saturated carbocycles. The monoisotopic (exact) mass is 498 g/mol. The van der Waals surface area contributed by atoms with Gasteiger partial charge in [0.2, 0.25) is 0 Å². The summed E-state index contributed by atoms with van der Waals surface area (Å²) >= 11 is 7.63. The average Bonchev–Trinajstić information content (AvgIpc) is 3.17. The normalized spacial score (nSPS) is 10.8. The molecule has 1 aromatic heterocycles. The molecule has 0 radical (unpaired) electrons. The van der Waals surface area contributed by atoms with Gasteiger partial charge in [0, 0.05) is 18.7 Å². The summed E-state index contributed by atoms with van der Waals surface area (Å²) in [6.45, 7) is 3.12. The van der Waals surface area contributed by atoms with Crippen LogP contribution in [0.2, 0.25) is 5.02 Å². The fraction of sp³-hybridized carbons (Fsp3) is 0.333. The third-order valence-electron chi connectivity index (χ3n) is 4.77. The predicted molar refractivity (Wildman–Crippen MR) is 131 cm³/mol. The highest BCUT2D eigenvalue weighted by Crippen LogP contribution is 2.37. The van der Waals surface area contributed by atoms with Crippen molar-refractivity contribution in [2.45, 2.75) is 13.3 Å². The van der Waals surface area contributed by atoms with Crippen molar-refractivity contribution in [2.24, 2.45) is 0 Å². The molecule has 0 N–H and O–H groups in total. The van der Waals surface area contributed by atoms with Crippen LogP contribution in [0.15, 0.2) is 30.3 Å². The number of nitro groups is 1. The van der Waals surface area contributed by atoms with Gasteiger partial charge in [0.1, 0.15) is 11.3 Å². The van der Waals surface area contributed by atoms with E-state index in [0.717, 1.165) is 16.8 Å². The van der Waals surface area contributed by atoms with Gasteiger partial charge >= 0.3 is 0 Å². The van der Waals surface area contributed by atoms with E-state index >= 15 is 0 Å². The summed E-state index contributed by atoms with van der Waals surface area (Å²) in [5, 5.41) is 11.9. The van der Waals surface area contributed by atoms with Crippen molar-refractivity contribution in [2.75, 3.05) is 39.2 Å². The van der Waals surface area contributed by atoms with Gasteiger partial charge in [0.15, 0.2) is 5.13 Å². The van der Waals surface area contributed by atoms with Gasteiger partial charge in [-0.1, -0.05) is 29.0 Å². The Kier molecular flexibility index (Phi) is 8.80. The number of rotatable bonds is 8. The second-order valence-corrected chi connectivity index (χ2v) is 8.68. The van der Waals surface area contributed by atoms with Crippen molar-refractivity contribution in [1.29, 1.82) is 0 Å². The zero-order valence-electron chi connectivity index (χ0n) is 18.1. The molecule has 11 heteroatoms. The molecule has 0 aliphatic rings. The number of carbonyl (C=O) groups is 1. The van der Waals surface area contributed by atoms with Crippen molar-refractivity contribution in [3.05, 3.63) is 56.6 Å². The highest BCUT2D eigenvalue weighted by molar-refractivity contribution is 7.22. The minimum atomic E-state index is -0.546. The SMILES string of the molecule is COc1ccc(C)c2sc(N(CCCN(C)C)C(=O)c3cc([N+](=O)[O-])ccc3Cl)nc12.Cl. The summed E-state index contributed by atoms with van der Waals surface area (Å²) in [4.78, 5) is 32.4. The molecular weight excluding hydrogens is 475 g/mol. The van der Waals surface area contributed by atoms with Gasteiger partial charge in [-0.05, 0) is 51.7 Å². The molecule has 0 spiro atoms. The number of fused-ring (bicyclic) bond motifs is 1. The summed E-state index contributed by atoms with van der Waals surface area (Å²) in [5.74, 6) is 0.195. The first-order valence-corrected chi connectivity index (χ1v) is 10.8. The second-order valence-electron chi connectivity index (χ2n) is 7.29. The number of ether oxygens (including phenoxy) is 1. The number of amides is 1. The first-order valence-electron chi connectivity index (χ1n) is 9.57. The number of aryl methyl sites for hydroxylation is 1. The highest BCUT2D eigenvalue weighted by atomic mass is 35.5. The average molecular weight is 499 g/mol. The molecule has 0 atom stereocenters. The minimum absolute atomic E-state index is 0. The molecule has 2 aromatic carbocycles. The molecule has 0 saturated heterocycles. The lowest BCUT2D eigenvalue weighted by atomic mass is 10.1. The molecule has 32 heavy (non-hydrogen) atoms. The molecule has 1 amide bonds. The Hall–Kier alpha value is -2.46. The second kappa shape index (κ2) is 10.9. The topological polar surface area (TPSA) is 88.8 Å². The Morgan fingerprint density at radius 3 is 2.59 bits per heavy atom. The van der Waals surface area contributed by atoms with Gasteiger partial charge in [-0.15, -0.1) is 12.4 Å². The van der Waals surface area contributed by atoms with Crippen molar-refractivity contribution >= 4 is 62.3 Å². The maximum absolute atomic E-state index is 13.5. The van der Waals surface area contributed by atoms with Crippen LogP contribution in [-0.4, -0.2) is 55.0 Å². The molecule has 0 bridgehead atoms. The molecule has 8 nitrogen and oxygen atoms in total. The number of thiazole rings is 1. The summed E-state index contributed by atoms with van der Waals surface area (Å²) < 4.78 is 6.35. The third kappa shape index (κ3) is 5.47. The number of halogens is 2. The lowest BCUT2D eigenvalue weighted by Gasteiger charge is -2.21. The molecule has 0 unspecified atom stereocenters. The van der Waals surface area contributed by atoms with Crippen LogP contribution >= 0.6 is 35.3 Å². The largest absolute Gasteiger partial charge is 0.494 e. The molecule has 3 rings (SSSR count). The first-order chi connectivity index (χ1) is 14.7. The van der Waals surface area contributed by atoms with E-state index < -0.39 is 10.8 Å². The zero-order valence-corrected chi connectivity index (χ0v) is 20.5. The number of nitrogens with zero attached hydrogens (tertiary/aromatic N) is 4. The molecule has 172 valence electrons. The number of carbonyl (C=O) groups excluding carboxylic acids is 1. The standard InChI is InChI=1S/C21H23ClN4O4S.ClH/c1-13-6-9-17(30-4)18-19(13)31-21(23-18)25(11-5-10-24(2)3)20(27)15-12-14(26(28)29)7-8-16(15)22;/h6-9,12H,5,10-11H2,1-4H3;1H. The Morgan fingerprint density at radius 1 is 1.25 bits per heavy atom. The van der Waals surface area contributed by atoms with E-state index in [1.54, 1.807) is 7.11 Å². The number of hydrogen-bond acceptors (Lipinski definition) is 7. The van der Waals surface area contributed by atoms with Gasteiger partial charge in [0.05, 0.1) is 27.3 Å². The van der Waals surface area contributed by atoms with Gasteiger partial charge in [-0.25, -0.2) is 4.98 Å². The first kappa shape index (κ1) is 25.8. The fourth-order valence-electron chi connectivity index (χ4n) is 3.14. The number of non-ortho nitro benzene ring substituents is 1. The molecule has 0 fully saturated rings. The fourth-order valence-corrected chi connectivity index (χ4v) is 4.42. The van der Waals surface area contributed by atoms with Gasteiger partial charge in [0.25, 0.3) is 11.6 Å². The number of anilines is 1. The van der Waals surface area contributed by atoms with Crippen LogP contribution in [0.1, 0.15) is 22.3 Å². The summed E-state index contributed by atoms with van der Waals surface area (Å²) in [6, 6.07) is 7.65. The minimum Gasteiger partial charge on any atom is -0.494 e. The van der Waals surface area contributed by atoms with Crippen LogP contribution in [-0.2, 0) is 0 Å². The Labute approximate surface area is 201 Å². The maximum atomic E-state index is 13.5. The van der Waals surface area contributed by atoms with E-state index in [1.807, 2.05) is 38.1 Å². The van der Waals surface area contributed by atoms with Crippen LogP contribution in [0.3, 0.4) is 0 Å². The number of methoxy groups -OCH3 is 1.